The van der Waals surface area contributed by atoms with Crippen molar-refractivity contribution >= 4 is 79.0 Å². The van der Waals surface area contributed by atoms with Gasteiger partial charge in [-0.3, -0.25) is 0 Å². The van der Waals surface area contributed by atoms with Gasteiger partial charge in [-0.15, -0.1) is 0 Å². The third kappa shape index (κ3) is 6.99. The van der Waals surface area contributed by atoms with E-state index >= 15 is 0 Å². The molecule has 0 saturated heterocycles. The van der Waals surface area contributed by atoms with Gasteiger partial charge >= 0.3 is 0 Å². The summed E-state index contributed by atoms with van der Waals surface area (Å²) in [7, 11) is 0. The summed E-state index contributed by atoms with van der Waals surface area (Å²) in [6.45, 7) is -0.0915. The minimum Gasteiger partial charge on any atom is -0.311 e. The maximum atomic E-state index is 2.60. The monoisotopic (exact) mass is 965 g/mol. The van der Waals surface area contributed by atoms with Gasteiger partial charge in [0.2, 0.25) is 0 Å². The number of fused-ring (bicyclic) bond motifs is 8. The summed E-state index contributed by atoms with van der Waals surface area (Å²) in [6.07, 6.45) is 0. The summed E-state index contributed by atoms with van der Waals surface area (Å²) in [5.74, 6) is 0. The van der Waals surface area contributed by atoms with Crippen LogP contribution in [0.2, 0.25) is 0 Å². The first-order valence-electron chi connectivity index (χ1n) is 26.3. The molecule has 0 N–H and O–H groups in total. The molecular formula is C72H48BN3. The van der Waals surface area contributed by atoms with Crippen molar-refractivity contribution in [2.24, 2.45) is 0 Å². The van der Waals surface area contributed by atoms with Crippen LogP contribution in [0.25, 0.3) is 83.1 Å². The summed E-state index contributed by atoms with van der Waals surface area (Å²) < 4.78 is 2.56. The lowest BCUT2D eigenvalue weighted by Crippen LogP contribution is -2.61. The van der Waals surface area contributed by atoms with Gasteiger partial charge in [0.25, 0.3) is 6.71 Å². The van der Waals surface area contributed by atoms with Crippen molar-refractivity contribution in [3.63, 3.8) is 0 Å². The Balaban J connectivity index is 1.06. The predicted molar refractivity (Wildman–Crippen MR) is 322 cm³/mol. The fourth-order valence-corrected chi connectivity index (χ4v) is 12.5. The van der Waals surface area contributed by atoms with Gasteiger partial charge in [-0.25, -0.2) is 0 Å². The number of hydrogen-bond acceptors (Lipinski definition) is 2. The fraction of sp³-hybridized carbons (Fsp3) is 0. The minimum atomic E-state index is -0.0915. The number of nitrogens with zero attached hydrogens (tertiary/aromatic N) is 3. The van der Waals surface area contributed by atoms with Crippen LogP contribution in [0.5, 0.6) is 0 Å². The molecule has 0 radical (unpaired) electrons. The van der Waals surface area contributed by atoms with Gasteiger partial charge in [0.15, 0.2) is 0 Å². The largest absolute Gasteiger partial charge is 0.311 e. The Hall–Kier alpha value is -9.90. The molecule has 4 heteroatoms. The van der Waals surface area contributed by atoms with Crippen LogP contribution in [0.4, 0.5) is 34.1 Å². The van der Waals surface area contributed by atoms with E-state index < -0.39 is 0 Å². The van der Waals surface area contributed by atoms with Crippen LogP contribution in [-0.2, 0) is 0 Å². The summed E-state index contributed by atoms with van der Waals surface area (Å²) >= 11 is 0. The van der Waals surface area contributed by atoms with E-state index in [4.69, 9.17) is 0 Å². The first-order valence-corrected chi connectivity index (χ1v) is 26.3. The summed E-state index contributed by atoms with van der Waals surface area (Å²) in [6, 6.07) is 107. The molecule has 1 aromatic heterocycles. The van der Waals surface area contributed by atoms with E-state index in [9.17, 15) is 0 Å². The van der Waals surface area contributed by atoms with Crippen molar-refractivity contribution in [1.29, 1.82) is 0 Å². The second-order valence-electron chi connectivity index (χ2n) is 20.0. The Morgan fingerprint density at radius 3 is 1.29 bits per heavy atom. The Bertz CT molecular complexity index is 4280. The number of anilines is 6. The van der Waals surface area contributed by atoms with Gasteiger partial charge in [-0.1, -0.05) is 237 Å². The first-order chi connectivity index (χ1) is 37.7. The predicted octanol–water partition coefficient (Wildman–Crippen LogP) is 17.2. The number of hydrogen-bond donors (Lipinski definition) is 0. The molecule has 12 aromatic carbocycles. The topological polar surface area (TPSA) is 11.4 Å². The molecule has 0 unspecified atom stereocenters. The Kier molecular flexibility index (Phi) is 10.3. The highest BCUT2D eigenvalue weighted by atomic mass is 15.2. The van der Waals surface area contributed by atoms with Gasteiger partial charge in [0.1, 0.15) is 0 Å². The van der Waals surface area contributed by atoms with Crippen molar-refractivity contribution < 1.29 is 0 Å². The highest BCUT2D eigenvalue weighted by Crippen LogP contribution is 2.50. The van der Waals surface area contributed by atoms with E-state index in [0.29, 0.717) is 0 Å². The van der Waals surface area contributed by atoms with Crippen LogP contribution >= 0.6 is 0 Å². The highest BCUT2D eigenvalue weighted by molar-refractivity contribution is 7.00. The lowest BCUT2D eigenvalue weighted by atomic mass is 9.33. The van der Waals surface area contributed by atoms with E-state index in [1.807, 2.05) is 0 Å². The van der Waals surface area contributed by atoms with E-state index in [-0.39, 0.29) is 6.71 Å². The van der Waals surface area contributed by atoms with Crippen LogP contribution in [0, 0.1) is 0 Å². The van der Waals surface area contributed by atoms with Gasteiger partial charge < -0.3 is 14.4 Å². The molecule has 354 valence electrons. The first kappa shape index (κ1) is 43.7. The number of aromatic nitrogens is 1. The van der Waals surface area contributed by atoms with Gasteiger partial charge in [0, 0.05) is 50.3 Å². The maximum absolute atomic E-state index is 2.60. The van der Waals surface area contributed by atoms with Crippen LogP contribution in [0.1, 0.15) is 0 Å². The number of para-hydroxylation sites is 2. The normalized spacial score (nSPS) is 12.4. The smallest absolute Gasteiger partial charge is 0.252 e. The second-order valence-corrected chi connectivity index (χ2v) is 20.0. The molecule has 2 aliphatic rings. The minimum absolute atomic E-state index is 0.0915. The maximum Gasteiger partial charge on any atom is 0.252 e. The fourth-order valence-electron chi connectivity index (χ4n) is 12.5. The third-order valence-electron chi connectivity index (χ3n) is 15.7. The van der Waals surface area contributed by atoms with E-state index in [1.54, 1.807) is 0 Å². The van der Waals surface area contributed by atoms with Gasteiger partial charge in [-0.2, -0.15) is 0 Å². The average Bonchev–Trinajstić information content (AvgIpc) is 3.91. The van der Waals surface area contributed by atoms with Crippen molar-refractivity contribution in [2.75, 3.05) is 9.80 Å². The van der Waals surface area contributed by atoms with E-state index in [0.717, 1.165) is 28.1 Å². The molecule has 13 aromatic rings. The molecule has 2 aliphatic heterocycles. The third-order valence-corrected chi connectivity index (χ3v) is 15.7. The average molecular weight is 966 g/mol. The lowest BCUT2D eigenvalue weighted by Gasteiger charge is -2.44. The van der Waals surface area contributed by atoms with E-state index in [1.165, 1.54) is 106 Å². The molecule has 0 aliphatic carbocycles. The Morgan fingerprint density at radius 2 is 0.711 bits per heavy atom. The molecule has 0 fully saturated rings. The van der Waals surface area contributed by atoms with Crippen molar-refractivity contribution in [3.05, 3.63) is 291 Å². The molecule has 15 rings (SSSR count). The SMILES string of the molecule is c1ccc(-c2cccc(N3c4cc(-c5ccccc5)ccc4B4c5ccc6c(c5N(c5cccc(-c7ccccc7)c5)c5cccc3c54)c3ccccc3n6-c3c(-c4ccccc4)cccc3-c3ccccc3)c2)cc1. The zero-order valence-corrected chi connectivity index (χ0v) is 41.6. The quantitative estimate of drug-likeness (QED) is 0.141. The lowest BCUT2D eigenvalue weighted by molar-refractivity contribution is 1.18. The Labute approximate surface area is 443 Å². The summed E-state index contributed by atoms with van der Waals surface area (Å²) in [4.78, 5) is 5.13. The number of rotatable bonds is 8. The molecule has 0 bridgehead atoms. The van der Waals surface area contributed by atoms with Gasteiger partial charge in [-0.05, 0) is 115 Å². The van der Waals surface area contributed by atoms with Crippen LogP contribution < -0.4 is 26.2 Å². The molecule has 3 nitrogen and oxygen atoms in total. The Morgan fingerprint density at radius 1 is 0.263 bits per heavy atom. The van der Waals surface area contributed by atoms with Crippen LogP contribution in [-0.4, -0.2) is 11.3 Å². The second kappa shape index (κ2) is 17.9. The molecular weight excluding hydrogens is 918 g/mol. The molecule has 0 atom stereocenters. The molecule has 76 heavy (non-hydrogen) atoms. The summed E-state index contributed by atoms with van der Waals surface area (Å²) in [5.41, 5.74) is 26.0. The summed E-state index contributed by atoms with van der Waals surface area (Å²) in [5, 5.41) is 2.42. The van der Waals surface area contributed by atoms with Gasteiger partial charge in [0.05, 0.1) is 22.4 Å². The number of benzene rings is 12. The highest BCUT2D eigenvalue weighted by Gasteiger charge is 2.44. The zero-order chi connectivity index (χ0) is 50.1. The van der Waals surface area contributed by atoms with Crippen molar-refractivity contribution in [3.8, 4) is 61.3 Å². The van der Waals surface area contributed by atoms with E-state index in [2.05, 4.69) is 306 Å². The van der Waals surface area contributed by atoms with Crippen molar-refractivity contribution in [2.45, 2.75) is 0 Å². The molecule has 0 spiro atoms. The standard InChI is InChI=1S/C72H48BN3/c1-6-22-49(23-7-1)54-32-18-34-57(46-54)74-66-40-21-41-67-70(66)73(62-43-42-56(48-68(62)74)51-26-10-3-11-27-51)63-44-45-65-69(72(63)75(67)58-35-19-33-55(47-58)50-24-8-2-9-25-50)61-36-16-17-39-64(61)76(65)71-59(52-28-12-4-13-29-52)37-20-38-60(71)53-30-14-5-15-31-53/h1-48H. The zero-order valence-electron chi connectivity index (χ0n) is 41.6. The van der Waals surface area contributed by atoms with Crippen LogP contribution in [0.15, 0.2) is 291 Å². The van der Waals surface area contributed by atoms with Crippen molar-refractivity contribution in [1.82, 2.24) is 4.57 Å². The molecule has 0 amide bonds. The molecule has 3 heterocycles. The molecule has 0 saturated carbocycles. The van der Waals surface area contributed by atoms with Crippen LogP contribution in [0.3, 0.4) is 0 Å².